The fraction of sp³-hybridized carbons (Fsp3) is 1.00. The van der Waals surface area contributed by atoms with Gasteiger partial charge in [-0.25, -0.2) is 0 Å². The van der Waals surface area contributed by atoms with Crippen LogP contribution in [0, 0.1) is 34.0 Å². The monoisotopic (exact) mass is 148 g/mol. The van der Waals surface area contributed by atoms with E-state index in [2.05, 4.69) is 20.8 Å². The average Bonchev–Trinajstić information content (AvgIpc) is 2.63. The second kappa shape index (κ2) is 0.963. The van der Waals surface area contributed by atoms with Gasteiger partial charge in [0.15, 0.2) is 0 Å². The minimum atomic E-state index is 0.820. The van der Waals surface area contributed by atoms with Crippen molar-refractivity contribution in [3.05, 3.63) is 0 Å². The van der Waals surface area contributed by atoms with Crippen molar-refractivity contribution in [1.82, 2.24) is 0 Å². The van der Waals surface area contributed by atoms with E-state index in [0.717, 1.165) is 28.1 Å². The van der Waals surface area contributed by atoms with Gasteiger partial charge in [0.1, 0.15) is 0 Å². The van der Waals surface area contributed by atoms with Crippen LogP contribution in [-0.4, -0.2) is 0 Å². The Labute approximate surface area is 68.4 Å². The van der Waals surface area contributed by atoms with Gasteiger partial charge < -0.3 is 0 Å². The van der Waals surface area contributed by atoms with E-state index in [1.807, 2.05) is 0 Å². The van der Waals surface area contributed by atoms with E-state index in [1.165, 1.54) is 5.92 Å². The molecule has 11 heavy (non-hydrogen) atoms. The molecule has 0 nitrogen and oxygen atoms in total. The van der Waals surface area contributed by atoms with Crippen molar-refractivity contribution in [2.75, 3.05) is 0 Å². The lowest BCUT2D eigenvalue weighted by molar-refractivity contribution is 0.0841. The van der Waals surface area contributed by atoms with E-state index in [1.54, 1.807) is 12.8 Å². The normalized spacial score (nSPS) is 87.0. The van der Waals surface area contributed by atoms with Crippen molar-refractivity contribution in [3.63, 3.8) is 0 Å². The molecule has 0 aromatic rings. The van der Waals surface area contributed by atoms with Crippen LogP contribution >= 0.6 is 0 Å². The van der Waals surface area contributed by atoms with Gasteiger partial charge in [-0.2, -0.15) is 0 Å². The smallest absolute Gasteiger partial charge is 0.0193 e. The zero-order valence-corrected chi connectivity index (χ0v) is 7.65. The van der Waals surface area contributed by atoms with Crippen LogP contribution in [0.25, 0.3) is 0 Å². The molecule has 0 aromatic heterocycles. The van der Waals surface area contributed by atoms with Crippen LogP contribution in [0.4, 0.5) is 0 Å². The summed E-state index contributed by atoms with van der Waals surface area (Å²) < 4.78 is 0. The summed E-state index contributed by atoms with van der Waals surface area (Å²) in [5.74, 6) is 3.41. The maximum atomic E-state index is 2.55. The SMILES string of the molecule is CC1C2C3C2(C)CC32CC12C. The van der Waals surface area contributed by atoms with Gasteiger partial charge in [0, 0.05) is 0 Å². The first-order valence-corrected chi connectivity index (χ1v) is 5.06. The van der Waals surface area contributed by atoms with Crippen LogP contribution in [0.1, 0.15) is 33.6 Å². The zero-order valence-electron chi connectivity index (χ0n) is 7.65. The van der Waals surface area contributed by atoms with Gasteiger partial charge in [-0.1, -0.05) is 20.8 Å². The maximum Gasteiger partial charge on any atom is -0.0193 e. The third kappa shape index (κ3) is 0.267. The summed E-state index contributed by atoms with van der Waals surface area (Å²) in [6.07, 6.45) is 3.17. The quantitative estimate of drug-likeness (QED) is 0.495. The summed E-state index contributed by atoms with van der Waals surface area (Å²) >= 11 is 0. The van der Waals surface area contributed by atoms with Gasteiger partial charge in [-0.15, -0.1) is 0 Å². The summed E-state index contributed by atoms with van der Waals surface area (Å²) in [4.78, 5) is 0. The highest BCUT2D eigenvalue weighted by molar-refractivity contribution is 5.44. The van der Waals surface area contributed by atoms with Crippen LogP contribution in [0.5, 0.6) is 0 Å². The molecule has 6 atom stereocenters. The molecule has 4 fully saturated rings. The Morgan fingerprint density at radius 3 is 2.36 bits per heavy atom. The van der Waals surface area contributed by atoms with E-state index in [-0.39, 0.29) is 0 Å². The summed E-state index contributed by atoms with van der Waals surface area (Å²) in [6, 6.07) is 0. The number of hydrogen-bond acceptors (Lipinski definition) is 0. The Hall–Kier alpha value is 0. The molecule has 0 heteroatoms. The van der Waals surface area contributed by atoms with Crippen molar-refractivity contribution in [1.29, 1.82) is 0 Å². The molecule has 60 valence electrons. The molecule has 0 aliphatic heterocycles. The molecular weight excluding hydrogens is 132 g/mol. The van der Waals surface area contributed by atoms with Crippen LogP contribution in [0.2, 0.25) is 0 Å². The molecule has 0 saturated heterocycles. The summed E-state index contributed by atoms with van der Waals surface area (Å²) in [5, 5.41) is 0. The van der Waals surface area contributed by atoms with E-state index in [9.17, 15) is 0 Å². The van der Waals surface area contributed by atoms with Crippen molar-refractivity contribution in [3.8, 4) is 0 Å². The summed E-state index contributed by atoms with van der Waals surface area (Å²) in [5.41, 5.74) is 2.58. The highest BCUT2D eigenvalue weighted by Gasteiger charge is 2.96. The average molecular weight is 148 g/mol. The summed E-state index contributed by atoms with van der Waals surface area (Å²) in [7, 11) is 0. The van der Waals surface area contributed by atoms with E-state index in [4.69, 9.17) is 0 Å². The predicted molar refractivity (Wildman–Crippen MR) is 44.0 cm³/mol. The summed E-state index contributed by atoms with van der Waals surface area (Å²) in [6.45, 7) is 7.59. The molecule has 4 aliphatic rings. The van der Waals surface area contributed by atoms with E-state index < -0.39 is 0 Å². The number of rotatable bonds is 0. The van der Waals surface area contributed by atoms with Crippen LogP contribution < -0.4 is 0 Å². The molecule has 4 rings (SSSR count). The van der Waals surface area contributed by atoms with Gasteiger partial charge in [0.2, 0.25) is 0 Å². The first kappa shape index (κ1) is 5.61. The molecule has 4 saturated carbocycles. The van der Waals surface area contributed by atoms with Crippen LogP contribution in [0.3, 0.4) is 0 Å². The first-order valence-electron chi connectivity index (χ1n) is 5.06. The third-order valence-corrected chi connectivity index (χ3v) is 6.25. The minimum absolute atomic E-state index is 0.820. The van der Waals surface area contributed by atoms with Crippen LogP contribution in [-0.2, 0) is 0 Å². The highest BCUT2D eigenvalue weighted by atomic mass is 15.0. The van der Waals surface area contributed by atoms with Gasteiger partial charge in [0.25, 0.3) is 0 Å². The van der Waals surface area contributed by atoms with Crippen LogP contribution in [0.15, 0.2) is 0 Å². The second-order valence-electron chi connectivity index (χ2n) is 6.23. The molecule has 0 aromatic carbocycles. The zero-order chi connectivity index (χ0) is 7.65. The Morgan fingerprint density at radius 2 is 1.91 bits per heavy atom. The van der Waals surface area contributed by atoms with Gasteiger partial charge >= 0.3 is 0 Å². The lowest BCUT2D eigenvalue weighted by Crippen LogP contribution is -2.33. The molecule has 0 bridgehead atoms. The van der Waals surface area contributed by atoms with Crippen molar-refractivity contribution in [2.45, 2.75) is 33.6 Å². The lowest BCUT2D eigenvalue weighted by atomic mass is 9.65. The first-order chi connectivity index (χ1) is 5.06. The Bertz CT molecular complexity index is 273. The molecule has 1 spiro atoms. The van der Waals surface area contributed by atoms with Gasteiger partial charge in [-0.3, -0.25) is 0 Å². The second-order valence-corrected chi connectivity index (χ2v) is 6.23. The van der Waals surface area contributed by atoms with E-state index in [0.29, 0.717) is 0 Å². The topological polar surface area (TPSA) is 0 Å². The number of fused-ring (bicyclic) bond motifs is 1. The molecule has 0 heterocycles. The predicted octanol–water partition coefficient (Wildman–Crippen LogP) is 2.69. The third-order valence-electron chi connectivity index (χ3n) is 6.25. The largest absolute Gasteiger partial charge is 0.0617 e. The Morgan fingerprint density at radius 1 is 1.18 bits per heavy atom. The molecule has 0 N–H and O–H groups in total. The fourth-order valence-electron chi connectivity index (χ4n) is 5.67. The molecule has 0 radical (unpaired) electrons. The maximum absolute atomic E-state index is 2.55. The minimum Gasteiger partial charge on any atom is -0.0617 e. The highest BCUT2D eigenvalue weighted by Crippen LogP contribution is 3.02. The molecular formula is C11H16. The lowest BCUT2D eigenvalue weighted by Gasteiger charge is -2.39. The Kier molecular flexibility index (Phi) is 0.491. The van der Waals surface area contributed by atoms with Crippen molar-refractivity contribution in [2.24, 2.45) is 34.0 Å². The van der Waals surface area contributed by atoms with E-state index >= 15 is 0 Å². The van der Waals surface area contributed by atoms with Crippen molar-refractivity contribution < 1.29 is 0 Å². The molecule has 6 unspecified atom stereocenters. The fourth-order valence-corrected chi connectivity index (χ4v) is 5.67. The van der Waals surface area contributed by atoms with Gasteiger partial charge in [-0.05, 0) is 46.8 Å². The Balaban J connectivity index is 1.92. The van der Waals surface area contributed by atoms with Gasteiger partial charge in [0.05, 0.1) is 0 Å². The molecule has 0 amide bonds. The number of hydrogen-bond donors (Lipinski definition) is 0. The van der Waals surface area contributed by atoms with Crippen molar-refractivity contribution >= 4 is 0 Å². The standard InChI is InChI=1S/C11H16/c1-6-7-8-9(7,2)4-11(8)5-10(6,11)3/h6-8H,4-5H2,1-3H3. The molecule has 4 aliphatic carbocycles.